The van der Waals surface area contributed by atoms with E-state index in [4.69, 9.17) is 16.7 Å². The van der Waals surface area contributed by atoms with Gasteiger partial charge in [-0.2, -0.15) is 0 Å². The molecule has 0 amide bonds. The molecule has 9 heteroatoms. The van der Waals surface area contributed by atoms with Gasteiger partial charge in [0, 0.05) is 23.0 Å². The number of nitrogens with zero attached hydrogens (tertiary/aromatic N) is 2. The lowest BCUT2D eigenvalue weighted by Crippen LogP contribution is -2.12. The monoisotopic (exact) mass is 432 g/mol. The van der Waals surface area contributed by atoms with E-state index in [9.17, 15) is 12.8 Å². The normalized spacial score (nSPS) is 11.8. The molecule has 3 N–H and O–H groups in total. The van der Waals surface area contributed by atoms with Crippen LogP contribution in [0.25, 0.3) is 0 Å². The third-order valence-corrected chi connectivity index (χ3v) is 5.41. The van der Waals surface area contributed by atoms with Crippen molar-refractivity contribution in [3.05, 3.63) is 76.3 Å². The minimum Gasteiger partial charge on any atom is -0.352 e. The second-order valence-electron chi connectivity index (χ2n) is 6.42. The third kappa shape index (κ3) is 4.97. The summed E-state index contributed by atoms with van der Waals surface area (Å²) in [6, 6.07) is 9.02. The van der Waals surface area contributed by atoms with Gasteiger partial charge in [-0.1, -0.05) is 17.7 Å². The van der Waals surface area contributed by atoms with Gasteiger partial charge in [-0.15, -0.1) is 0 Å². The predicted octanol–water partition coefficient (Wildman–Crippen LogP) is 4.63. The van der Waals surface area contributed by atoms with E-state index in [1.54, 1.807) is 30.6 Å². The molecule has 0 fully saturated rings. The minimum atomic E-state index is -3.92. The molecule has 1 heterocycles. The standard InChI is InChI=1S/C20H18ClFN4O2S/c1-12-3-6-20(29(23,27)28)18(7-12)25-10-14-9-24-11-19(13(14)2)26-17-5-4-15(21)8-16(17)22/h3-11,26H,1-2H3,(H2,23,27,28). The number of hydrogen-bond acceptors (Lipinski definition) is 5. The predicted molar refractivity (Wildman–Crippen MR) is 113 cm³/mol. The second-order valence-corrected chi connectivity index (χ2v) is 8.39. The Bertz CT molecular complexity index is 1210. The van der Waals surface area contributed by atoms with Crippen LogP contribution in [0.5, 0.6) is 0 Å². The molecule has 0 saturated carbocycles. The van der Waals surface area contributed by atoms with Gasteiger partial charge in [0.25, 0.3) is 0 Å². The van der Waals surface area contributed by atoms with Crippen molar-refractivity contribution in [2.24, 2.45) is 10.1 Å². The summed E-state index contributed by atoms with van der Waals surface area (Å²) in [7, 11) is -3.92. The van der Waals surface area contributed by atoms with Crippen LogP contribution in [-0.2, 0) is 10.0 Å². The lowest BCUT2D eigenvalue weighted by Gasteiger charge is -2.12. The quantitative estimate of drug-likeness (QED) is 0.574. The topological polar surface area (TPSA) is 97.4 Å². The number of halogens is 2. The number of aryl methyl sites for hydroxylation is 1. The van der Waals surface area contributed by atoms with E-state index in [1.807, 2.05) is 13.8 Å². The Morgan fingerprint density at radius 2 is 1.90 bits per heavy atom. The van der Waals surface area contributed by atoms with Crippen molar-refractivity contribution < 1.29 is 12.8 Å². The van der Waals surface area contributed by atoms with Crippen LogP contribution in [-0.4, -0.2) is 19.6 Å². The largest absolute Gasteiger partial charge is 0.352 e. The van der Waals surface area contributed by atoms with E-state index < -0.39 is 15.8 Å². The molecule has 0 radical (unpaired) electrons. The van der Waals surface area contributed by atoms with Crippen molar-refractivity contribution in [3.63, 3.8) is 0 Å². The fourth-order valence-corrected chi connectivity index (χ4v) is 3.46. The van der Waals surface area contributed by atoms with Gasteiger partial charge < -0.3 is 5.32 Å². The number of aliphatic imine (C=N–C) groups is 1. The first-order valence-corrected chi connectivity index (χ1v) is 10.4. The Morgan fingerprint density at radius 3 is 2.59 bits per heavy atom. The summed E-state index contributed by atoms with van der Waals surface area (Å²) in [6.07, 6.45) is 4.63. The summed E-state index contributed by atoms with van der Waals surface area (Å²) in [6.45, 7) is 3.64. The zero-order valence-corrected chi connectivity index (χ0v) is 17.2. The molecule has 29 heavy (non-hydrogen) atoms. The van der Waals surface area contributed by atoms with Gasteiger partial charge in [-0.05, 0) is 55.3 Å². The highest BCUT2D eigenvalue weighted by Gasteiger charge is 2.13. The van der Waals surface area contributed by atoms with Crippen molar-refractivity contribution in [2.45, 2.75) is 18.7 Å². The first-order chi connectivity index (χ1) is 13.6. The molecule has 0 aliphatic heterocycles. The maximum absolute atomic E-state index is 14.1. The zero-order valence-electron chi connectivity index (χ0n) is 15.6. The summed E-state index contributed by atoms with van der Waals surface area (Å²) in [5, 5.41) is 8.55. The number of benzene rings is 2. The number of sulfonamides is 1. The van der Waals surface area contributed by atoms with Crippen molar-refractivity contribution in [1.82, 2.24) is 4.98 Å². The van der Waals surface area contributed by atoms with E-state index in [2.05, 4.69) is 15.3 Å². The highest BCUT2D eigenvalue weighted by Crippen LogP contribution is 2.27. The van der Waals surface area contributed by atoms with E-state index in [-0.39, 0.29) is 16.3 Å². The molecule has 3 rings (SSSR count). The second kappa shape index (κ2) is 8.28. The fourth-order valence-electron chi connectivity index (χ4n) is 2.64. The maximum Gasteiger partial charge on any atom is 0.240 e. The SMILES string of the molecule is Cc1ccc(S(N)(=O)=O)c(N=Cc2cncc(Nc3ccc(Cl)cc3F)c2C)c1. The number of anilines is 2. The molecule has 2 aromatic carbocycles. The minimum absolute atomic E-state index is 0.0672. The van der Waals surface area contributed by atoms with E-state index in [0.717, 1.165) is 11.1 Å². The van der Waals surface area contributed by atoms with Gasteiger partial charge in [0.05, 0.1) is 23.3 Å². The Labute approximate surface area is 173 Å². The molecule has 150 valence electrons. The van der Waals surface area contributed by atoms with Crippen LogP contribution in [0.3, 0.4) is 0 Å². The van der Waals surface area contributed by atoms with Crippen LogP contribution in [0.1, 0.15) is 16.7 Å². The lowest BCUT2D eigenvalue weighted by atomic mass is 10.1. The molecule has 6 nitrogen and oxygen atoms in total. The van der Waals surface area contributed by atoms with Crippen LogP contribution in [0.15, 0.2) is 58.7 Å². The van der Waals surface area contributed by atoms with Crippen molar-refractivity contribution in [3.8, 4) is 0 Å². The van der Waals surface area contributed by atoms with Gasteiger partial charge in [-0.25, -0.2) is 17.9 Å². The molecule has 1 aromatic heterocycles. The van der Waals surface area contributed by atoms with Crippen LogP contribution in [0, 0.1) is 19.7 Å². The number of nitrogens with two attached hydrogens (primary N) is 1. The third-order valence-electron chi connectivity index (χ3n) is 4.22. The molecular formula is C20H18ClFN4O2S. The van der Waals surface area contributed by atoms with E-state index in [1.165, 1.54) is 24.4 Å². The Balaban J connectivity index is 1.96. The highest BCUT2D eigenvalue weighted by molar-refractivity contribution is 7.89. The van der Waals surface area contributed by atoms with Gasteiger partial charge in [0.2, 0.25) is 10.0 Å². The van der Waals surface area contributed by atoms with Crippen LogP contribution in [0.2, 0.25) is 5.02 Å². The molecule has 0 aliphatic carbocycles. The summed E-state index contributed by atoms with van der Waals surface area (Å²) in [4.78, 5) is 8.38. The van der Waals surface area contributed by atoms with Crippen LogP contribution in [0.4, 0.5) is 21.5 Å². The van der Waals surface area contributed by atoms with Gasteiger partial charge >= 0.3 is 0 Å². The van der Waals surface area contributed by atoms with Gasteiger partial charge in [-0.3, -0.25) is 9.98 Å². The Hall–Kier alpha value is -2.81. The van der Waals surface area contributed by atoms with E-state index >= 15 is 0 Å². The number of aromatic nitrogens is 1. The lowest BCUT2D eigenvalue weighted by molar-refractivity contribution is 0.598. The summed E-state index contributed by atoms with van der Waals surface area (Å²) in [5.41, 5.74) is 3.28. The highest BCUT2D eigenvalue weighted by atomic mass is 35.5. The molecule has 0 saturated heterocycles. The maximum atomic E-state index is 14.1. The molecule has 0 unspecified atom stereocenters. The average molecular weight is 433 g/mol. The Kier molecular flexibility index (Phi) is 5.97. The van der Waals surface area contributed by atoms with Gasteiger partial charge in [0.1, 0.15) is 10.7 Å². The molecule has 0 atom stereocenters. The molecule has 0 bridgehead atoms. The average Bonchev–Trinajstić information content (AvgIpc) is 2.63. The number of pyridine rings is 1. The van der Waals surface area contributed by atoms with E-state index in [0.29, 0.717) is 16.3 Å². The van der Waals surface area contributed by atoms with Gasteiger partial charge in [0.15, 0.2) is 0 Å². The van der Waals surface area contributed by atoms with Crippen molar-refractivity contribution >= 4 is 44.9 Å². The molecular weight excluding hydrogens is 415 g/mol. The Morgan fingerprint density at radius 1 is 1.14 bits per heavy atom. The first kappa shape index (κ1) is 20.9. The summed E-state index contributed by atoms with van der Waals surface area (Å²) >= 11 is 5.78. The number of rotatable bonds is 5. The molecule has 0 spiro atoms. The molecule has 0 aliphatic rings. The zero-order chi connectivity index (χ0) is 21.2. The molecule has 3 aromatic rings. The van der Waals surface area contributed by atoms with Crippen molar-refractivity contribution in [2.75, 3.05) is 5.32 Å². The fraction of sp³-hybridized carbons (Fsp3) is 0.100. The number of primary sulfonamides is 1. The smallest absolute Gasteiger partial charge is 0.240 e. The van der Waals surface area contributed by atoms with Crippen LogP contribution >= 0.6 is 11.6 Å². The van der Waals surface area contributed by atoms with Crippen molar-refractivity contribution in [1.29, 1.82) is 0 Å². The first-order valence-electron chi connectivity index (χ1n) is 8.49. The number of nitrogens with one attached hydrogen (secondary N) is 1. The summed E-state index contributed by atoms with van der Waals surface area (Å²) in [5.74, 6) is -0.492. The summed E-state index contributed by atoms with van der Waals surface area (Å²) < 4.78 is 37.7. The van der Waals surface area contributed by atoms with Crippen LogP contribution < -0.4 is 10.5 Å². The number of hydrogen-bond donors (Lipinski definition) is 2.